The first-order valence-electron chi connectivity index (χ1n) is 7.43. The average Bonchev–Trinajstić information content (AvgIpc) is 2.82. The van der Waals surface area contributed by atoms with Crippen LogP contribution in [0.1, 0.15) is 39.1 Å². The van der Waals surface area contributed by atoms with Gasteiger partial charge in [-0.1, -0.05) is 50.2 Å². The lowest BCUT2D eigenvalue weighted by atomic mass is 9.96. The van der Waals surface area contributed by atoms with Crippen molar-refractivity contribution in [2.45, 2.75) is 50.4 Å². The molecule has 6 nitrogen and oxygen atoms in total. The first-order valence-corrected chi connectivity index (χ1v) is 8.31. The Hall–Kier alpha value is -2.02. The number of benzene rings is 1. The van der Waals surface area contributed by atoms with Gasteiger partial charge < -0.3 is 11.2 Å². The number of aromatic nitrogens is 3. The highest BCUT2D eigenvalue weighted by Gasteiger charge is 2.25. The predicted octanol–water partition coefficient (Wildman–Crippen LogP) is 2.72. The molecule has 0 aliphatic carbocycles. The molecule has 23 heavy (non-hydrogen) atoms. The normalized spacial score (nSPS) is 12.9. The highest BCUT2D eigenvalue weighted by molar-refractivity contribution is 8.00. The maximum absolute atomic E-state index is 12.3. The van der Waals surface area contributed by atoms with Crippen LogP contribution in [-0.2, 0) is 10.2 Å². The van der Waals surface area contributed by atoms with Crippen molar-refractivity contribution in [3.63, 3.8) is 0 Å². The number of carbonyl (C=O) groups is 1. The number of nitrogens with two attached hydrogens (primary N) is 1. The number of nitrogens with zero attached hydrogens (tertiary/aromatic N) is 3. The van der Waals surface area contributed by atoms with Crippen molar-refractivity contribution < 1.29 is 4.79 Å². The molecule has 2 rings (SSSR count). The summed E-state index contributed by atoms with van der Waals surface area (Å²) in [5.74, 6) is 6.63. The highest BCUT2D eigenvalue weighted by Crippen LogP contribution is 2.26. The second-order valence-corrected chi connectivity index (χ2v) is 7.85. The standard InChI is InChI=1S/C16H23N5OS/c1-10-6-8-12(9-7-10)18-13(22)11(2)23-15-20-19-14(21(15)17)16(3,4)5/h6-9,11H,17H2,1-5H3,(H,18,22)/t11-/m1/s1. The number of thioether (sulfide) groups is 1. The SMILES string of the molecule is Cc1ccc(NC(=O)[C@@H](C)Sc2nnc(C(C)(C)C)n2N)cc1. The molecule has 1 atom stereocenters. The van der Waals surface area contributed by atoms with E-state index in [1.54, 1.807) is 0 Å². The van der Waals surface area contributed by atoms with Gasteiger partial charge in [0.15, 0.2) is 5.82 Å². The summed E-state index contributed by atoms with van der Waals surface area (Å²) in [6, 6.07) is 7.68. The van der Waals surface area contributed by atoms with Crippen LogP contribution in [0.15, 0.2) is 29.4 Å². The molecule has 1 amide bonds. The molecule has 0 aliphatic heterocycles. The van der Waals surface area contributed by atoms with E-state index >= 15 is 0 Å². The lowest BCUT2D eigenvalue weighted by Crippen LogP contribution is -2.26. The van der Waals surface area contributed by atoms with Gasteiger partial charge in [-0.2, -0.15) is 0 Å². The molecule has 0 fully saturated rings. The largest absolute Gasteiger partial charge is 0.336 e. The van der Waals surface area contributed by atoms with Crippen molar-refractivity contribution in [3.8, 4) is 0 Å². The zero-order valence-corrected chi connectivity index (χ0v) is 14.9. The predicted molar refractivity (Wildman–Crippen MR) is 94.0 cm³/mol. The highest BCUT2D eigenvalue weighted by atomic mass is 32.2. The fourth-order valence-electron chi connectivity index (χ4n) is 1.96. The Morgan fingerprint density at radius 1 is 1.26 bits per heavy atom. The number of rotatable bonds is 4. The number of hydrogen-bond acceptors (Lipinski definition) is 5. The van der Waals surface area contributed by atoms with E-state index in [1.807, 2.05) is 58.9 Å². The minimum atomic E-state index is -0.337. The molecule has 3 N–H and O–H groups in total. The monoisotopic (exact) mass is 333 g/mol. The first kappa shape index (κ1) is 17.3. The molecule has 0 saturated carbocycles. The Morgan fingerprint density at radius 3 is 2.39 bits per heavy atom. The van der Waals surface area contributed by atoms with Crippen LogP contribution in [0.5, 0.6) is 0 Å². The van der Waals surface area contributed by atoms with Crippen LogP contribution in [0.2, 0.25) is 0 Å². The van der Waals surface area contributed by atoms with E-state index < -0.39 is 0 Å². The smallest absolute Gasteiger partial charge is 0.237 e. The Kier molecular flexibility index (Phi) is 4.99. The van der Waals surface area contributed by atoms with Crippen LogP contribution in [0.4, 0.5) is 5.69 Å². The van der Waals surface area contributed by atoms with Gasteiger partial charge in [0.25, 0.3) is 0 Å². The van der Waals surface area contributed by atoms with Crippen LogP contribution in [0, 0.1) is 6.92 Å². The molecule has 124 valence electrons. The fourth-order valence-corrected chi connectivity index (χ4v) is 2.73. The van der Waals surface area contributed by atoms with Crippen LogP contribution >= 0.6 is 11.8 Å². The van der Waals surface area contributed by atoms with Crippen LogP contribution < -0.4 is 11.2 Å². The van der Waals surface area contributed by atoms with Crippen molar-refractivity contribution >= 4 is 23.4 Å². The van der Waals surface area contributed by atoms with Gasteiger partial charge in [-0.15, -0.1) is 10.2 Å². The lowest BCUT2D eigenvalue weighted by Gasteiger charge is -2.17. The first-order chi connectivity index (χ1) is 10.7. The molecule has 0 spiro atoms. The third-order valence-electron chi connectivity index (χ3n) is 3.31. The number of nitrogen functional groups attached to an aromatic ring is 1. The molecular formula is C16H23N5OS. The van der Waals surface area contributed by atoms with Crippen molar-refractivity contribution in [1.82, 2.24) is 14.9 Å². The van der Waals surface area contributed by atoms with E-state index in [0.29, 0.717) is 11.0 Å². The second-order valence-electron chi connectivity index (χ2n) is 6.54. The van der Waals surface area contributed by atoms with Crippen molar-refractivity contribution in [1.29, 1.82) is 0 Å². The Bertz CT molecular complexity index is 687. The summed E-state index contributed by atoms with van der Waals surface area (Å²) in [7, 11) is 0. The molecule has 0 aliphatic rings. The third kappa shape index (κ3) is 4.25. The van der Waals surface area contributed by atoms with Crippen LogP contribution in [-0.4, -0.2) is 26.0 Å². The summed E-state index contributed by atoms with van der Waals surface area (Å²) < 4.78 is 1.46. The van der Waals surface area contributed by atoms with E-state index in [0.717, 1.165) is 11.3 Å². The van der Waals surface area contributed by atoms with Gasteiger partial charge in [0.1, 0.15) is 0 Å². The Morgan fingerprint density at radius 2 is 1.87 bits per heavy atom. The van der Waals surface area contributed by atoms with E-state index in [2.05, 4.69) is 15.5 Å². The minimum Gasteiger partial charge on any atom is -0.336 e. The molecule has 1 aromatic carbocycles. The molecule has 0 bridgehead atoms. The number of nitrogens with one attached hydrogen (secondary N) is 1. The molecule has 0 radical (unpaired) electrons. The number of carbonyl (C=O) groups excluding carboxylic acids is 1. The van der Waals surface area contributed by atoms with Gasteiger partial charge >= 0.3 is 0 Å². The van der Waals surface area contributed by atoms with E-state index in [1.165, 1.54) is 16.4 Å². The molecule has 2 aromatic rings. The average molecular weight is 333 g/mol. The Balaban J connectivity index is 2.04. The molecule has 7 heteroatoms. The summed E-state index contributed by atoms with van der Waals surface area (Å²) in [5, 5.41) is 11.3. The maximum Gasteiger partial charge on any atom is 0.237 e. The minimum absolute atomic E-state index is 0.0980. The molecular weight excluding hydrogens is 310 g/mol. The van der Waals surface area contributed by atoms with Crippen LogP contribution in [0.3, 0.4) is 0 Å². The number of aryl methyl sites for hydroxylation is 1. The quantitative estimate of drug-likeness (QED) is 0.664. The summed E-state index contributed by atoms with van der Waals surface area (Å²) in [6.07, 6.45) is 0. The third-order valence-corrected chi connectivity index (χ3v) is 4.36. The molecule has 0 saturated heterocycles. The zero-order valence-electron chi connectivity index (χ0n) is 14.1. The van der Waals surface area contributed by atoms with Gasteiger partial charge in [0.2, 0.25) is 11.1 Å². The lowest BCUT2D eigenvalue weighted by molar-refractivity contribution is -0.115. The van der Waals surface area contributed by atoms with Gasteiger partial charge in [0, 0.05) is 11.1 Å². The second kappa shape index (κ2) is 6.62. The van der Waals surface area contributed by atoms with Gasteiger partial charge in [0.05, 0.1) is 5.25 Å². The van der Waals surface area contributed by atoms with Crippen molar-refractivity contribution in [2.75, 3.05) is 11.2 Å². The molecule has 1 aromatic heterocycles. The number of amides is 1. The van der Waals surface area contributed by atoms with Crippen LogP contribution in [0.25, 0.3) is 0 Å². The number of anilines is 1. The fraction of sp³-hybridized carbons (Fsp3) is 0.438. The Labute approximate surface area is 140 Å². The summed E-state index contributed by atoms with van der Waals surface area (Å²) in [5.41, 5.74) is 1.72. The van der Waals surface area contributed by atoms with E-state index in [-0.39, 0.29) is 16.6 Å². The topological polar surface area (TPSA) is 85.8 Å². The zero-order chi connectivity index (χ0) is 17.2. The van der Waals surface area contributed by atoms with E-state index in [4.69, 9.17) is 5.84 Å². The molecule has 0 unspecified atom stereocenters. The summed E-state index contributed by atoms with van der Waals surface area (Å²) >= 11 is 1.29. The maximum atomic E-state index is 12.3. The molecule has 1 heterocycles. The van der Waals surface area contributed by atoms with E-state index in [9.17, 15) is 4.79 Å². The number of hydrogen-bond donors (Lipinski definition) is 2. The van der Waals surface area contributed by atoms with Crippen molar-refractivity contribution in [2.24, 2.45) is 0 Å². The summed E-state index contributed by atoms with van der Waals surface area (Å²) in [4.78, 5) is 12.3. The summed E-state index contributed by atoms with van der Waals surface area (Å²) in [6.45, 7) is 9.87. The van der Waals surface area contributed by atoms with Gasteiger partial charge in [-0.05, 0) is 26.0 Å². The van der Waals surface area contributed by atoms with Gasteiger partial charge in [-0.25, -0.2) is 4.68 Å². The van der Waals surface area contributed by atoms with Crippen molar-refractivity contribution in [3.05, 3.63) is 35.7 Å². The van der Waals surface area contributed by atoms with Gasteiger partial charge in [-0.3, -0.25) is 4.79 Å².